The van der Waals surface area contributed by atoms with Crippen molar-refractivity contribution in [3.05, 3.63) is 182 Å². The fraction of sp³-hybridized carbons (Fsp3) is 0. The first kappa shape index (κ1) is 32.2. The van der Waals surface area contributed by atoms with Gasteiger partial charge in [0, 0.05) is 43.9 Å². The van der Waals surface area contributed by atoms with Gasteiger partial charge in [-0.25, -0.2) is 15.0 Å². The van der Waals surface area contributed by atoms with E-state index in [2.05, 4.69) is 102 Å². The van der Waals surface area contributed by atoms with Crippen molar-refractivity contribution in [2.24, 2.45) is 0 Å². The quantitative estimate of drug-likeness (QED) is 0.175. The highest BCUT2D eigenvalue weighted by atomic mass is 16.6. The molecule has 7 nitrogen and oxygen atoms in total. The lowest BCUT2D eigenvalue weighted by Crippen LogP contribution is -2.00. The average molecular weight is 747 g/mol. The summed E-state index contributed by atoms with van der Waals surface area (Å²) in [6, 6.07) is 61.7. The molecule has 0 N–H and O–H groups in total. The van der Waals surface area contributed by atoms with E-state index in [4.69, 9.17) is 28.8 Å². The van der Waals surface area contributed by atoms with Crippen molar-refractivity contribution in [2.45, 2.75) is 0 Å². The Kier molecular flexibility index (Phi) is 7.09. The SMILES string of the molecule is c1ccc(-c2nc(-c3ccc4c(c3)oc3ccc(-c5ccc6c(c5)Oc5ccccc5O6)cc34)nc(-c3ccc4c(c3)c3ccccc3n4-c3ccccc3)n2)cc1. The van der Waals surface area contributed by atoms with Crippen molar-refractivity contribution in [1.82, 2.24) is 19.5 Å². The molecule has 0 atom stereocenters. The van der Waals surface area contributed by atoms with Crippen LogP contribution in [0.25, 0.3) is 94.7 Å². The summed E-state index contributed by atoms with van der Waals surface area (Å²) in [6.45, 7) is 0. The summed E-state index contributed by atoms with van der Waals surface area (Å²) in [6.07, 6.45) is 0. The highest BCUT2D eigenvalue weighted by Crippen LogP contribution is 2.47. The highest BCUT2D eigenvalue weighted by Gasteiger charge is 2.21. The number of nitrogens with zero attached hydrogens (tertiary/aromatic N) is 4. The molecular weight excluding hydrogens is 717 g/mol. The number of furan rings is 1. The van der Waals surface area contributed by atoms with Gasteiger partial charge in [-0.1, -0.05) is 97.1 Å². The Morgan fingerprint density at radius 3 is 1.71 bits per heavy atom. The van der Waals surface area contributed by atoms with Gasteiger partial charge in [-0.05, 0) is 96.1 Å². The number of hydrogen-bond donors (Lipinski definition) is 0. The monoisotopic (exact) mass is 746 g/mol. The molecule has 1 aliphatic heterocycles. The summed E-state index contributed by atoms with van der Waals surface area (Å²) in [4.78, 5) is 15.2. The van der Waals surface area contributed by atoms with Crippen LogP contribution in [0.5, 0.6) is 23.0 Å². The zero-order valence-electron chi connectivity index (χ0n) is 30.8. The van der Waals surface area contributed by atoms with Gasteiger partial charge in [-0.2, -0.15) is 0 Å². The normalized spacial score (nSPS) is 12.1. The van der Waals surface area contributed by atoms with Crippen LogP contribution in [0.2, 0.25) is 0 Å². The van der Waals surface area contributed by atoms with Crippen molar-refractivity contribution in [1.29, 1.82) is 0 Å². The molecule has 4 heterocycles. The maximum absolute atomic E-state index is 6.47. The maximum atomic E-state index is 6.47. The molecule has 11 aromatic rings. The van der Waals surface area contributed by atoms with Gasteiger partial charge >= 0.3 is 0 Å². The van der Waals surface area contributed by atoms with Gasteiger partial charge in [-0.3, -0.25) is 0 Å². The molecule has 0 amide bonds. The minimum absolute atomic E-state index is 0.566. The van der Waals surface area contributed by atoms with E-state index in [0.717, 1.165) is 71.9 Å². The molecule has 58 heavy (non-hydrogen) atoms. The van der Waals surface area contributed by atoms with Crippen molar-refractivity contribution >= 4 is 43.7 Å². The molecule has 0 bridgehead atoms. The Morgan fingerprint density at radius 1 is 0.328 bits per heavy atom. The van der Waals surface area contributed by atoms with Crippen LogP contribution in [0, 0.1) is 0 Å². The smallest absolute Gasteiger partial charge is 0.170 e. The molecule has 7 heteroatoms. The second kappa shape index (κ2) is 12.8. The summed E-state index contributed by atoms with van der Waals surface area (Å²) in [5, 5.41) is 4.32. The van der Waals surface area contributed by atoms with Crippen LogP contribution in [-0.4, -0.2) is 19.5 Å². The summed E-state index contributed by atoms with van der Waals surface area (Å²) in [5.41, 5.74) is 9.64. The van der Waals surface area contributed by atoms with E-state index < -0.39 is 0 Å². The summed E-state index contributed by atoms with van der Waals surface area (Å²) >= 11 is 0. The van der Waals surface area contributed by atoms with Gasteiger partial charge in [0.1, 0.15) is 11.2 Å². The van der Waals surface area contributed by atoms with Crippen molar-refractivity contribution < 1.29 is 13.9 Å². The lowest BCUT2D eigenvalue weighted by Gasteiger charge is -2.21. The third-order valence-electron chi connectivity index (χ3n) is 10.9. The number of rotatable bonds is 5. The maximum Gasteiger partial charge on any atom is 0.170 e. The van der Waals surface area contributed by atoms with Crippen LogP contribution >= 0.6 is 0 Å². The molecule has 0 aliphatic carbocycles. The largest absolute Gasteiger partial charge is 0.456 e. The third kappa shape index (κ3) is 5.25. The molecule has 12 rings (SSSR count). The van der Waals surface area contributed by atoms with Gasteiger partial charge in [-0.15, -0.1) is 0 Å². The number of ether oxygens (including phenoxy) is 2. The van der Waals surface area contributed by atoms with E-state index in [1.807, 2.05) is 84.9 Å². The number of para-hydroxylation sites is 4. The van der Waals surface area contributed by atoms with Gasteiger partial charge in [0.25, 0.3) is 0 Å². The first-order chi connectivity index (χ1) is 28.7. The second-order valence-electron chi connectivity index (χ2n) is 14.4. The Balaban J connectivity index is 0.953. The number of fused-ring (bicyclic) bond motifs is 8. The fourth-order valence-electron chi connectivity index (χ4n) is 8.12. The molecule has 0 radical (unpaired) electrons. The summed E-state index contributed by atoms with van der Waals surface area (Å²) in [5.74, 6) is 4.55. The molecule has 0 saturated heterocycles. The standard InChI is InChI=1S/C51H30N4O3/c1-3-11-31(12-4-1)49-52-50(34-20-24-42-39(28-34)37-15-7-8-16-41(37)55(42)36-13-5-2-6-14-36)54-51(53-49)35-19-23-38-40-27-32(21-25-43(40)56-47(38)30-35)33-22-26-46-48(29-33)58-45-18-10-9-17-44(45)57-46/h1-30H. The lowest BCUT2D eigenvalue weighted by atomic mass is 10.0. The van der Waals surface area contributed by atoms with Crippen LogP contribution in [0.3, 0.4) is 0 Å². The first-order valence-electron chi connectivity index (χ1n) is 19.2. The number of benzene rings is 8. The molecule has 0 unspecified atom stereocenters. The van der Waals surface area contributed by atoms with Gasteiger partial charge in [0.05, 0.1) is 11.0 Å². The zero-order chi connectivity index (χ0) is 38.2. The number of hydrogen-bond acceptors (Lipinski definition) is 6. The topological polar surface area (TPSA) is 75.2 Å². The predicted molar refractivity (Wildman–Crippen MR) is 230 cm³/mol. The molecule has 1 aliphatic rings. The highest BCUT2D eigenvalue weighted by molar-refractivity contribution is 6.10. The second-order valence-corrected chi connectivity index (χ2v) is 14.4. The third-order valence-corrected chi connectivity index (χ3v) is 10.9. The average Bonchev–Trinajstić information content (AvgIpc) is 3.83. The molecular formula is C51H30N4O3. The van der Waals surface area contributed by atoms with Crippen LogP contribution in [-0.2, 0) is 0 Å². The minimum atomic E-state index is 0.566. The van der Waals surface area contributed by atoms with Gasteiger partial charge in [0.15, 0.2) is 40.5 Å². The summed E-state index contributed by atoms with van der Waals surface area (Å²) < 4.78 is 21.1. The Morgan fingerprint density at radius 2 is 0.897 bits per heavy atom. The van der Waals surface area contributed by atoms with Crippen molar-refractivity contribution in [3.8, 4) is 74.0 Å². The van der Waals surface area contributed by atoms with E-state index in [0.29, 0.717) is 40.5 Å². The zero-order valence-corrected chi connectivity index (χ0v) is 30.8. The molecule has 272 valence electrons. The van der Waals surface area contributed by atoms with Crippen LogP contribution in [0.15, 0.2) is 186 Å². The Bertz CT molecular complexity index is 3410. The number of aromatic nitrogens is 4. The van der Waals surface area contributed by atoms with Crippen molar-refractivity contribution in [2.75, 3.05) is 0 Å². The predicted octanol–water partition coefficient (Wildman–Crippen LogP) is 13.4. The minimum Gasteiger partial charge on any atom is -0.456 e. The van der Waals surface area contributed by atoms with E-state index >= 15 is 0 Å². The van der Waals surface area contributed by atoms with E-state index in [-0.39, 0.29) is 0 Å². The molecule has 0 fully saturated rings. The van der Waals surface area contributed by atoms with Crippen LogP contribution in [0.1, 0.15) is 0 Å². The molecule has 8 aromatic carbocycles. The van der Waals surface area contributed by atoms with E-state index in [1.54, 1.807) is 0 Å². The van der Waals surface area contributed by atoms with Crippen LogP contribution in [0.4, 0.5) is 0 Å². The first-order valence-corrected chi connectivity index (χ1v) is 19.2. The van der Waals surface area contributed by atoms with Crippen molar-refractivity contribution in [3.63, 3.8) is 0 Å². The Labute approximate surface area is 332 Å². The van der Waals surface area contributed by atoms with Gasteiger partial charge in [0.2, 0.25) is 0 Å². The molecule has 3 aromatic heterocycles. The van der Waals surface area contributed by atoms with Crippen LogP contribution < -0.4 is 9.47 Å². The summed E-state index contributed by atoms with van der Waals surface area (Å²) in [7, 11) is 0. The van der Waals surface area contributed by atoms with E-state index in [9.17, 15) is 0 Å². The Hall–Kier alpha value is -8.03. The fourth-order valence-corrected chi connectivity index (χ4v) is 8.12. The van der Waals surface area contributed by atoms with Gasteiger partial charge < -0.3 is 18.5 Å². The molecule has 0 saturated carbocycles. The molecule has 0 spiro atoms. The lowest BCUT2D eigenvalue weighted by molar-refractivity contribution is 0.360. The van der Waals surface area contributed by atoms with E-state index in [1.165, 1.54) is 5.39 Å².